The largest absolute Gasteiger partial charge is 0.343 e. The van der Waals surface area contributed by atoms with Crippen LogP contribution in [0.1, 0.15) is 17.3 Å². The van der Waals surface area contributed by atoms with E-state index in [2.05, 4.69) is 40.6 Å². The number of carbonyl (C=O) groups is 1. The maximum absolute atomic E-state index is 12.7. The predicted molar refractivity (Wildman–Crippen MR) is 115 cm³/mol. The SMILES string of the molecule is O=C(CSc1ccc2ccccc2c1)NC(c1ccccc1)c1ccccn1. The number of fused-ring (bicyclic) bond motifs is 1. The molecule has 0 fully saturated rings. The Bertz CT molecular complexity index is 1030. The van der Waals surface area contributed by atoms with Crippen LogP contribution in [-0.4, -0.2) is 16.6 Å². The Morgan fingerprint density at radius 3 is 2.39 bits per heavy atom. The van der Waals surface area contributed by atoms with E-state index in [0.29, 0.717) is 5.75 Å². The van der Waals surface area contributed by atoms with Gasteiger partial charge in [0.1, 0.15) is 0 Å². The molecule has 0 radical (unpaired) electrons. The van der Waals surface area contributed by atoms with Gasteiger partial charge in [0.05, 0.1) is 17.5 Å². The van der Waals surface area contributed by atoms with Crippen molar-refractivity contribution in [3.8, 4) is 0 Å². The van der Waals surface area contributed by atoms with E-state index in [9.17, 15) is 4.79 Å². The first kappa shape index (κ1) is 18.3. The number of pyridine rings is 1. The quantitative estimate of drug-likeness (QED) is 0.463. The van der Waals surface area contributed by atoms with Crippen molar-refractivity contribution in [2.45, 2.75) is 10.9 Å². The summed E-state index contributed by atoms with van der Waals surface area (Å²) in [6.07, 6.45) is 1.75. The summed E-state index contributed by atoms with van der Waals surface area (Å²) in [5.74, 6) is 0.340. The Morgan fingerprint density at radius 1 is 0.857 bits per heavy atom. The Labute approximate surface area is 168 Å². The lowest BCUT2D eigenvalue weighted by Crippen LogP contribution is -2.31. The number of rotatable bonds is 6. The summed E-state index contributed by atoms with van der Waals surface area (Å²) in [6, 6.07) is 30.0. The van der Waals surface area contributed by atoms with Crippen LogP contribution >= 0.6 is 11.8 Å². The summed E-state index contributed by atoms with van der Waals surface area (Å²) in [4.78, 5) is 18.2. The van der Waals surface area contributed by atoms with Crippen molar-refractivity contribution in [3.63, 3.8) is 0 Å². The number of aromatic nitrogens is 1. The van der Waals surface area contributed by atoms with Crippen LogP contribution in [0.3, 0.4) is 0 Å². The first-order valence-corrected chi connectivity index (χ1v) is 10.1. The summed E-state index contributed by atoms with van der Waals surface area (Å²) in [7, 11) is 0. The van der Waals surface area contributed by atoms with Crippen molar-refractivity contribution >= 4 is 28.4 Å². The number of hydrogen-bond acceptors (Lipinski definition) is 3. The van der Waals surface area contributed by atoms with Gasteiger partial charge < -0.3 is 5.32 Å². The molecule has 1 N–H and O–H groups in total. The molecule has 3 aromatic carbocycles. The molecule has 0 spiro atoms. The zero-order chi connectivity index (χ0) is 19.2. The van der Waals surface area contributed by atoms with E-state index in [-0.39, 0.29) is 11.9 Å². The summed E-state index contributed by atoms with van der Waals surface area (Å²) in [6.45, 7) is 0. The molecule has 0 saturated carbocycles. The number of nitrogens with one attached hydrogen (secondary N) is 1. The predicted octanol–water partition coefficient (Wildman–Crippen LogP) is 5.23. The molecule has 0 aliphatic carbocycles. The van der Waals surface area contributed by atoms with Gasteiger partial charge >= 0.3 is 0 Å². The maximum Gasteiger partial charge on any atom is 0.231 e. The standard InChI is InChI=1S/C24H20N2OS/c27-23(17-28-21-14-13-18-8-4-5-11-20(18)16-21)26-24(19-9-2-1-3-10-19)22-12-6-7-15-25-22/h1-16,24H,17H2,(H,26,27). The van der Waals surface area contributed by atoms with E-state index >= 15 is 0 Å². The van der Waals surface area contributed by atoms with E-state index in [1.807, 2.05) is 60.7 Å². The summed E-state index contributed by atoms with van der Waals surface area (Å²) < 4.78 is 0. The topological polar surface area (TPSA) is 42.0 Å². The molecule has 4 rings (SSSR count). The molecular formula is C24H20N2OS. The molecule has 0 bridgehead atoms. The first-order valence-electron chi connectivity index (χ1n) is 9.16. The van der Waals surface area contributed by atoms with Gasteiger partial charge in [-0.25, -0.2) is 0 Å². The molecule has 1 aromatic heterocycles. The Balaban J connectivity index is 1.47. The van der Waals surface area contributed by atoms with Crippen LogP contribution in [0, 0.1) is 0 Å². The van der Waals surface area contributed by atoms with Crippen molar-refractivity contribution < 1.29 is 4.79 Å². The molecule has 1 unspecified atom stereocenters. The molecule has 138 valence electrons. The van der Waals surface area contributed by atoms with Gasteiger partial charge in [-0.2, -0.15) is 0 Å². The van der Waals surface area contributed by atoms with Crippen molar-refractivity contribution in [2.24, 2.45) is 0 Å². The van der Waals surface area contributed by atoms with E-state index in [1.54, 1.807) is 18.0 Å². The molecule has 1 amide bonds. The van der Waals surface area contributed by atoms with E-state index in [1.165, 1.54) is 10.8 Å². The minimum absolute atomic E-state index is 0.0161. The second-order valence-corrected chi connectivity index (χ2v) is 7.51. The molecule has 3 nitrogen and oxygen atoms in total. The third-order valence-electron chi connectivity index (χ3n) is 4.51. The molecular weight excluding hydrogens is 364 g/mol. The molecule has 28 heavy (non-hydrogen) atoms. The lowest BCUT2D eigenvalue weighted by molar-refractivity contribution is -0.119. The van der Waals surface area contributed by atoms with E-state index in [4.69, 9.17) is 0 Å². The van der Waals surface area contributed by atoms with Crippen LogP contribution in [0.2, 0.25) is 0 Å². The van der Waals surface area contributed by atoms with E-state index in [0.717, 1.165) is 16.2 Å². The fraction of sp³-hybridized carbons (Fsp3) is 0.0833. The van der Waals surface area contributed by atoms with Gasteiger partial charge in [-0.1, -0.05) is 66.7 Å². The van der Waals surface area contributed by atoms with Gasteiger partial charge in [0, 0.05) is 11.1 Å². The molecule has 0 aliphatic rings. The summed E-state index contributed by atoms with van der Waals surface area (Å²) in [5.41, 5.74) is 1.85. The molecule has 4 heteroatoms. The second-order valence-electron chi connectivity index (χ2n) is 6.46. The average molecular weight is 385 g/mol. The van der Waals surface area contributed by atoms with Crippen LogP contribution in [0.4, 0.5) is 0 Å². The van der Waals surface area contributed by atoms with Crippen molar-refractivity contribution in [3.05, 3.63) is 108 Å². The number of carbonyl (C=O) groups excluding carboxylic acids is 1. The fourth-order valence-corrected chi connectivity index (χ4v) is 3.88. The van der Waals surface area contributed by atoms with Crippen molar-refractivity contribution in [1.82, 2.24) is 10.3 Å². The van der Waals surface area contributed by atoms with Crippen molar-refractivity contribution in [1.29, 1.82) is 0 Å². The minimum Gasteiger partial charge on any atom is -0.343 e. The number of hydrogen-bond donors (Lipinski definition) is 1. The van der Waals surface area contributed by atoms with Gasteiger partial charge in [-0.15, -0.1) is 11.8 Å². The number of nitrogens with zero attached hydrogens (tertiary/aromatic N) is 1. The minimum atomic E-state index is -0.257. The van der Waals surface area contributed by atoms with Gasteiger partial charge in [-0.3, -0.25) is 9.78 Å². The lowest BCUT2D eigenvalue weighted by atomic mass is 10.0. The number of thioether (sulfide) groups is 1. The molecule has 0 aliphatic heterocycles. The maximum atomic E-state index is 12.7. The summed E-state index contributed by atoms with van der Waals surface area (Å²) in [5, 5.41) is 5.52. The van der Waals surface area contributed by atoms with E-state index < -0.39 is 0 Å². The van der Waals surface area contributed by atoms with Crippen LogP contribution in [0.15, 0.2) is 102 Å². The van der Waals surface area contributed by atoms with Gasteiger partial charge in [-0.05, 0) is 40.6 Å². The average Bonchev–Trinajstić information content (AvgIpc) is 2.77. The molecule has 1 heterocycles. The van der Waals surface area contributed by atoms with Gasteiger partial charge in [0.2, 0.25) is 5.91 Å². The molecule has 0 saturated heterocycles. The van der Waals surface area contributed by atoms with Crippen molar-refractivity contribution in [2.75, 3.05) is 5.75 Å². The highest BCUT2D eigenvalue weighted by Gasteiger charge is 2.17. The zero-order valence-corrected chi connectivity index (χ0v) is 16.1. The Morgan fingerprint density at radius 2 is 1.61 bits per heavy atom. The smallest absolute Gasteiger partial charge is 0.231 e. The molecule has 4 aromatic rings. The van der Waals surface area contributed by atoms with Crippen LogP contribution in [0.25, 0.3) is 10.8 Å². The summed E-state index contributed by atoms with van der Waals surface area (Å²) >= 11 is 1.54. The third-order valence-corrected chi connectivity index (χ3v) is 5.51. The second kappa shape index (κ2) is 8.72. The first-order chi connectivity index (χ1) is 13.8. The Hall–Kier alpha value is -3.11. The monoisotopic (exact) mass is 384 g/mol. The highest BCUT2D eigenvalue weighted by molar-refractivity contribution is 8.00. The zero-order valence-electron chi connectivity index (χ0n) is 15.3. The van der Waals surface area contributed by atoms with Crippen LogP contribution in [0.5, 0.6) is 0 Å². The highest BCUT2D eigenvalue weighted by Crippen LogP contribution is 2.24. The molecule has 1 atom stereocenters. The van der Waals surface area contributed by atoms with Gasteiger partial charge in [0.15, 0.2) is 0 Å². The lowest BCUT2D eigenvalue weighted by Gasteiger charge is -2.19. The van der Waals surface area contributed by atoms with Crippen LogP contribution in [-0.2, 0) is 4.79 Å². The number of amides is 1. The fourth-order valence-electron chi connectivity index (χ4n) is 3.13. The highest BCUT2D eigenvalue weighted by atomic mass is 32.2. The van der Waals surface area contributed by atoms with Gasteiger partial charge in [0.25, 0.3) is 0 Å². The third kappa shape index (κ3) is 4.41. The normalized spacial score (nSPS) is 11.9. The number of benzene rings is 3. The van der Waals surface area contributed by atoms with Crippen LogP contribution < -0.4 is 5.32 Å². The Kier molecular flexibility index (Phi) is 5.69.